The van der Waals surface area contributed by atoms with E-state index in [1.807, 2.05) is 19.1 Å². The normalized spacial score (nSPS) is 17.1. The van der Waals surface area contributed by atoms with E-state index < -0.39 is 0 Å². The lowest BCUT2D eigenvalue weighted by Crippen LogP contribution is -2.32. The van der Waals surface area contributed by atoms with E-state index in [1.165, 1.54) is 6.92 Å². The largest absolute Gasteiger partial charge is 0.379 e. The van der Waals surface area contributed by atoms with Gasteiger partial charge in [-0.05, 0) is 25.0 Å². The standard InChI is InChI=1S/C19H24ClN5O3/c1-12-9-18(23-19(21)22-12)25-7-4-8-27-11-17(25)15-6-5-14(10-16(15)20)28-24(3)13(2)26/h5-6,9-10,17H,4,7-8,11H2,1-3H3,(H2,21,22,23). The zero-order valence-corrected chi connectivity index (χ0v) is 16.9. The van der Waals surface area contributed by atoms with Crippen LogP contribution < -0.4 is 15.5 Å². The molecule has 1 atom stereocenters. The number of nitrogens with zero attached hydrogens (tertiary/aromatic N) is 4. The highest BCUT2D eigenvalue weighted by Crippen LogP contribution is 2.35. The molecule has 1 aliphatic heterocycles. The Kier molecular flexibility index (Phi) is 6.21. The van der Waals surface area contributed by atoms with E-state index in [-0.39, 0.29) is 17.9 Å². The van der Waals surface area contributed by atoms with E-state index in [0.717, 1.165) is 35.1 Å². The number of carbonyl (C=O) groups is 1. The Morgan fingerprint density at radius 3 is 2.86 bits per heavy atom. The number of hydroxylamine groups is 2. The van der Waals surface area contributed by atoms with E-state index in [0.29, 0.717) is 24.0 Å². The molecule has 2 aromatic rings. The summed E-state index contributed by atoms with van der Waals surface area (Å²) >= 11 is 6.57. The van der Waals surface area contributed by atoms with Crippen LogP contribution in [0.3, 0.4) is 0 Å². The maximum atomic E-state index is 11.4. The molecule has 150 valence electrons. The van der Waals surface area contributed by atoms with Gasteiger partial charge in [-0.25, -0.2) is 4.98 Å². The summed E-state index contributed by atoms with van der Waals surface area (Å²) in [7, 11) is 1.55. The van der Waals surface area contributed by atoms with Crippen molar-refractivity contribution in [3.63, 3.8) is 0 Å². The minimum absolute atomic E-state index is 0.136. The van der Waals surface area contributed by atoms with Crippen LogP contribution in [0.15, 0.2) is 24.3 Å². The Morgan fingerprint density at radius 1 is 1.39 bits per heavy atom. The third kappa shape index (κ3) is 4.63. The minimum atomic E-state index is -0.208. The molecule has 2 N–H and O–H groups in total. The van der Waals surface area contributed by atoms with Gasteiger partial charge in [0.05, 0.1) is 12.6 Å². The Balaban J connectivity index is 1.93. The first-order valence-electron chi connectivity index (χ1n) is 9.02. The number of halogens is 1. The fourth-order valence-corrected chi connectivity index (χ4v) is 3.38. The van der Waals surface area contributed by atoms with Gasteiger partial charge in [-0.1, -0.05) is 17.7 Å². The van der Waals surface area contributed by atoms with Gasteiger partial charge in [0, 0.05) is 50.0 Å². The van der Waals surface area contributed by atoms with E-state index >= 15 is 0 Å². The number of aromatic nitrogens is 2. The molecule has 2 heterocycles. The van der Waals surface area contributed by atoms with Crippen molar-refractivity contribution in [3.8, 4) is 5.75 Å². The highest BCUT2D eigenvalue weighted by Gasteiger charge is 2.27. The van der Waals surface area contributed by atoms with Crippen LogP contribution >= 0.6 is 11.6 Å². The van der Waals surface area contributed by atoms with E-state index in [4.69, 9.17) is 26.9 Å². The van der Waals surface area contributed by atoms with Gasteiger partial charge in [0.25, 0.3) is 5.91 Å². The minimum Gasteiger partial charge on any atom is -0.379 e. The maximum Gasteiger partial charge on any atom is 0.251 e. The van der Waals surface area contributed by atoms with Crippen molar-refractivity contribution in [1.82, 2.24) is 15.0 Å². The average Bonchev–Trinajstić information content (AvgIpc) is 2.87. The van der Waals surface area contributed by atoms with Gasteiger partial charge in [-0.15, -0.1) is 0 Å². The molecule has 28 heavy (non-hydrogen) atoms. The first-order valence-corrected chi connectivity index (χ1v) is 9.40. The predicted molar refractivity (Wildman–Crippen MR) is 107 cm³/mol. The lowest BCUT2D eigenvalue weighted by molar-refractivity contribution is -0.149. The summed E-state index contributed by atoms with van der Waals surface area (Å²) in [5, 5.41) is 1.67. The number of carbonyl (C=O) groups excluding carboxylic acids is 1. The summed E-state index contributed by atoms with van der Waals surface area (Å²) in [6.07, 6.45) is 0.863. The van der Waals surface area contributed by atoms with Crippen LogP contribution in [-0.4, -0.2) is 47.7 Å². The number of hydrogen-bond donors (Lipinski definition) is 1. The van der Waals surface area contributed by atoms with Crippen molar-refractivity contribution >= 4 is 29.3 Å². The first-order chi connectivity index (χ1) is 13.3. The van der Waals surface area contributed by atoms with Crippen molar-refractivity contribution < 1.29 is 14.4 Å². The van der Waals surface area contributed by atoms with Crippen molar-refractivity contribution in [3.05, 3.63) is 40.5 Å². The summed E-state index contributed by atoms with van der Waals surface area (Å²) in [5.74, 6) is 1.25. The molecule has 1 aromatic carbocycles. The van der Waals surface area contributed by atoms with E-state index in [9.17, 15) is 4.79 Å². The van der Waals surface area contributed by atoms with E-state index in [2.05, 4.69) is 14.9 Å². The smallest absolute Gasteiger partial charge is 0.251 e. The Labute approximate surface area is 169 Å². The summed E-state index contributed by atoms with van der Waals surface area (Å²) in [6.45, 7) is 5.19. The lowest BCUT2D eigenvalue weighted by Gasteiger charge is -2.31. The fourth-order valence-electron chi connectivity index (χ4n) is 3.09. The Hall–Kier alpha value is -2.58. The molecule has 0 bridgehead atoms. The third-order valence-corrected chi connectivity index (χ3v) is 4.84. The molecule has 1 unspecified atom stereocenters. The number of aryl methyl sites for hydroxylation is 1. The van der Waals surface area contributed by atoms with Gasteiger partial charge in [-0.3, -0.25) is 4.79 Å². The monoisotopic (exact) mass is 405 g/mol. The number of anilines is 2. The molecule has 1 aromatic heterocycles. The molecule has 0 saturated carbocycles. The van der Waals surface area contributed by atoms with Crippen molar-refractivity contribution in [2.45, 2.75) is 26.3 Å². The molecule has 1 amide bonds. The molecular formula is C19H24ClN5O3. The topological polar surface area (TPSA) is 93.8 Å². The van der Waals surface area contributed by atoms with Gasteiger partial charge in [0.2, 0.25) is 5.95 Å². The van der Waals surface area contributed by atoms with Crippen molar-refractivity contribution in [1.29, 1.82) is 0 Å². The summed E-state index contributed by atoms with van der Waals surface area (Å²) in [5.41, 5.74) is 7.54. The molecule has 0 radical (unpaired) electrons. The van der Waals surface area contributed by atoms with Crippen LogP contribution in [0.2, 0.25) is 5.02 Å². The molecule has 0 spiro atoms. The Bertz CT molecular complexity index is 843. The highest BCUT2D eigenvalue weighted by atomic mass is 35.5. The summed E-state index contributed by atoms with van der Waals surface area (Å²) < 4.78 is 5.80. The molecule has 3 rings (SSSR count). The number of nitrogens with two attached hydrogens (primary N) is 1. The SMILES string of the molecule is CC(=O)N(C)Oc1ccc(C2COCCCN2c2cc(C)nc(N)n2)c(Cl)c1. The first kappa shape index (κ1) is 20.2. The highest BCUT2D eigenvalue weighted by molar-refractivity contribution is 6.31. The average molecular weight is 406 g/mol. The molecule has 9 heteroatoms. The molecule has 1 aliphatic rings. The zero-order chi connectivity index (χ0) is 20.3. The number of amides is 1. The zero-order valence-electron chi connectivity index (χ0n) is 16.2. The molecule has 1 saturated heterocycles. The second-order valence-electron chi connectivity index (χ2n) is 6.65. The molecule has 0 aliphatic carbocycles. The van der Waals surface area contributed by atoms with Crippen LogP contribution in [0.1, 0.15) is 30.6 Å². The third-order valence-electron chi connectivity index (χ3n) is 4.51. The van der Waals surface area contributed by atoms with Crippen LogP contribution in [0.25, 0.3) is 0 Å². The van der Waals surface area contributed by atoms with Crippen LogP contribution in [0.4, 0.5) is 11.8 Å². The number of benzene rings is 1. The quantitative estimate of drug-likeness (QED) is 0.781. The number of nitrogen functional groups attached to an aromatic ring is 1. The number of rotatable bonds is 4. The van der Waals surface area contributed by atoms with Gasteiger partial charge in [-0.2, -0.15) is 10.0 Å². The fraction of sp³-hybridized carbons (Fsp3) is 0.421. The van der Waals surface area contributed by atoms with Crippen LogP contribution in [0, 0.1) is 6.92 Å². The van der Waals surface area contributed by atoms with Crippen molar-refractivity contribution in [2.24, 2.45) is 0 Å². The van der Waals surface area contributed by atoms with E-state index in [1.54, 1.807) is 19.2 Å². The molecule has 8 nitrogen and oxygen atoms in total. The molecular weight excluding hydrogens is 382 g/mol. The van der Waals surface area contributed by atoms with Gasteiger partial charge >= 0.3 is 0 Å². The Morgan fingerprint density at radius 2 is 2.18 bits per heavy atom. The lowest BCUT2D eigenvalue weighted by atomic mass is 10.1. The van der Waals surface area contributed by atoms with Crippen molar-refractivity contribution in [2.75, 3.05) is 37.4 Å². The second-order valence-corrected chi connectivity index (χ2v) is 7.06. The van der Waals surface area contributed by atoms with Crippen LogP contribution in [-0.2, 0) is 9.53 Å². The second kappa shape index (κ2) is 8.62. The van der Waals surface area contributed by atoms with Gasteiger partial charge < -0.3 is 20.2 Å². The van der Waals surface area contributed by atoms with Gasteiger partial charge in [0.1, 0.15) is 5.82 Å². The predicted octanol–water partition coefficient (Wildman–Crippen LogP) is 2.76. The summed E-state index contributed by atoms with van der Waals surface area (Å²) in [6, 6.07) is 7.13. The molecule has 1 fully saturated rings. The maximum absolute atomic E-state index is 11.4. The van der Waals surface area contributed by atoms with Gasteiger partial charge in [0.15, 0.2) is 5.75 Å². The number of ether oxygens (including phenoxy) is 1. The summed E-state index contributed by atoms with van der Waals surface area (Å²) in [4.78, 5) is 27.5. The van der Waals surface area contributed by atoms with Crippen LogP contribution in [0.5, 0.6) is 5.75 Å². The number of hydrogen-bond acceptors (Lipinski definition) is 7.